The van der Waals surface area contributed by atoms with E-state index in [9.17, 15) is 0 Å². The minimum absolute atomic E-state index is 0.470. The van der Waals surface area contributed by atoms with E-state index in [-0.39, 0.29) is 0 Å². The van der Waals surface area contributed by atoms with Crippen molar-refractivity contribution in [3.05, 3.63) is 253 Å². The Balaban J connectivity index is 1.14. The molecule has 0 unspecified atom stereocenters. The number of anilines is 2. The quantitative estimate of drug-likeness (QED) is 0.171. The summed E-state index contributed by atoms with van der Waals surface area (Å²) in [7, 11) is 0. The van der Waals surface area contributed by atoms with Gasteiger partial charge in [0.15, 0.2) is 0 Å². The number of benzene rings is 8. The monoisotopic (exact) mass is 740 g/mol. The standard InChI is InChI=1S/C56H40N2/c1-39-18-6-5-17-35-57(44-21-9-3-10-22-44)54-36-40(29-32-46(39)54)41-30-33-49-50-38-43(31-34-53(50)58(55(49)37-41)45-23-11-4-12-24-45)56(42-19-7-2-8-20-42)51-27-15-13-25-47(51)48-26-14-16-28-52(48)56/h2-34,36-38H,1,35H2/b17-5-,18-6-. The van der Waals surface area contributed by atoms with Gasteiger partial charge < -0.3 is 9.47 Å². The average Bonchev–Trinajstić information content (AvgIpc) is 3.80. The number of allylic oxidation sites excluding steroid dienone is 4. The van der Waals surface area contributed by atoms with Crippen LogP contribution in [0.4, 0.5) is 11.4 Å². The van der Waals surface area contributed by atoms with E-state index in [1.807, 2.05) is 0 Å². The van der Waals surface area contributed by atoms with Crippen LogP contribution in [0.3, 0.4) is 0 Å². The number of aromatic nitrogens is 1. The highest BCUT2D eigenvalue weighted by Crippen LogP contribution is 2.56. The second-order valence-electron chi connectivity index (χ2n) is 15.3. The third-order valence-corrected chi connectivity index (χ3v) is 12.2. The molecule has 0 N–H and O–H groups in total. The van der Waals surface area contributed by atoms with Crippen molar-refractivity contribution in [2.24, 2.45) is 0 Å². The predicted octanol–water partition coefficient (Wildman–Crippen LogP) is 14.1. The number of hydrogen-bond acceptors (Lipinski definition) is 1. The summed E-state index contributed by atoms with van der Waals surface area (Å²) < 4.78 is 2.44. The predicted molar refractivity (Wildman–Crippen MR) is 244 cm³/mol. The largest absolute Gasteiger partial charge is 0.337 e. The lowest BCUT2D eigenvalue weighted by molar-refractivity contribution is 0.770. The van der Waals surface area contributed by atoms with Gasteiger partial charge in [0.2, 0.25) is 0 Å². The van der Waals surface area contributed by atoms with Crippen LogP contribution in [0, 0.1) is 0 Å². The molecular formula is C56H40N2. The van der Waals surface area contributed by atoms with E-state index in [0.29, 0.717) is 0 Å². The van der Waals surface area contributed by atoms with E-state index in [1.165, 1.54) is 60.8 Å². The molecule has 11 rings (SSSR count). The Kier molecular flexibility index (Phi) is 7.97. The van der Waals surface area contributed by atoms with Gasteiger partial charge in [0.05, 0.1) is 16.4 Å². The molecule has 0 atom stereocenters. The summed E-state index contributed by atoms with van der Waals surface area (Å²) >= 11 is 0. The normalized spacial score (nSPS) is 15.2. The minimum Gasteiger partial charge on any atom is -0.337 e. The van der Waals surface area contributed by atoms with E-state index in [0.717, 1.165) is 40.3 Å². The molecule has 0 saturated carbocycles. The Morgan fingerprint density at radius 1 is 0.448 bits per heavy atom. The van der Waals surface area contributed by atoms with Crippen LogP contribution in [0.25, 0.3) is 55.3 Å². The van der Waals surface area contributed by atoms with Crippen LogP contribution in [0.2, 0.25) is 0 Å². The zero-order valence-corrected chi connectivity index (χ0v) is 32.1. The summed E-state index contributed by atoms with van der Waals surface area (Å²) in [6.45, 7) is 5.22. The molecule has 1 aromatic heterocycles. The maximum atomic E-state index is 4.47. The topological polar surface area (TPSA) is 8.17 Å². The molecule has 2 aliphatic rings. The number of rotatable bonds is 5. The Morgan fingerprint density at radius 2 is 1.07 bits per heavy atom. The molecule has 2 heteroatoms. The van der Waals surface area contributed by atoms with Gasteiger partial charge in [-0.25, -0.2) is 0 Å². The second-order valence-corrected chi connectivity index (χ2v) is 15.3. The zero-order chi connectivity index (χ0) is 38.6. The van der Waals surface area contributed by atoms with E-state index in [1.54, 1.807) is 0 Å². The van der Waals surface area contributed by atoms with Crippen molar-refractivity contribution >= 4 is 38.8 Å². The van der Waals surface area contributed by atoms with Gasteiger partial charge >= 0.3 is 0 Å². The highest BCUT2D eigenvalue weighted by Gasteiger charge is 2.46. The third-order valence-electron chi connectivity index (χ3n) is 12.2. The lowest BCUT2D eigenvalue weighted by atomic mass is 9.67. The molecule has 1 aliphatic carbocycles. The molecule has 58 heavy (non-hydrogen) atoms. The first-order chi connectivity index (χ1) is 28.7. The van der Waals surface area contributed by atoms with Crippen LogP contribution in [-0.2, 0) is 5.41 Å². The number of fused-ring (bicyclic) bond motifs is 7. The highest BCUT2D eigenvalue weighted by atomic mass is 15.1. The number of nitrogens with zero attached hydrogens (tertiary/aromatic N) is 2. The first-order valence-corrected chi connectivity index (χ1v) is 20.1. The van der Waals surface area contributed by atoms with Gasteiger partial charge in [-0.15, -0.1) is 0 Å². The second kappa shape index (κ2) is 13.7. The lowest BCUT2D eigenvalue weighted by Gasteiger charge is -2.34. The fourth-order valence-corrected chi connectivity index (χ4v) is 9.66. The van der Waals surface area contributed by atoms with Crippen LogP contribution in [0.15, 0.2) is 225 Å². The van der Waals surface area contributed by atoms with Gasteiger partial charge in [-0.2, -0.15) is 0 Å². The Labute approximate surface area is 339 Å². The lowest BCUT2D eigenvalue weighted by Crippen LogP contribution is -2.28. The molecule has 2 heterocycles. The van der Waals surface area contributed by atoms with Crippen LogP contribution >= 0.6 is 0 Å². The molecule has 0 spiro atoms. The van der Waals surface area contributed by atoms with E-state index >= 15 is 0 Å². The van der Waals surface area contributed by atoms with E-state index in [4.69, 9.17) is 0 Å². The summed E-state index contributed by atoms with van der Waals surface area (Å²) in [6.07, 6.45) is 8.51. The third kappa shape index (κ3) is 5.19. The van der Waals surface area contributed by atoms with Gasteiger partial charge in [0.1, 0.15) is 0 Å². The highest BCUT2D eigenvalue weighted by molar-refractivity contribution is 6.11. The van der Waals surface area contributed by atoms with Crippen molar-refractivity contribution in [3.63, 3.8) is 0 Å². The maximum Gasteiger partial charge on any atom is 0.0713 e. The van der Waals surface area contributed by atoms with Crippen molar-refractivity contribution in [1.29, 1.82) is 0 Å². The molecule has 0 bridgehead atoms. The van der Waals surface area contributed by atoms with Crippen molar-refractivity contribution in [2.45, 2.75) is 5.41 Å². The van der Waals surface area contributed by atoms with Gasteiger partial charge in [-0.05, 0) is 98.6 Å². The van der Waals surface area contributed by atoms with Crippen molar-refractivity contribution < 1.29 is 0 Å². The molecule has 0 radical (unpaired) electrons. The number of hydrogen-bond donors (Lipinski definition) is 0. The van der Waals surface area contributed by atoms with Crippen LogP contribution in [0.5, 0.6) is 0 Å². The first kappa shape index (κ1) is 33.9. The molecule has 0 fully saturated rings. The molecule has 1 aliphatic heterocycles. The maximum absolute atomic E-state index is 4.47. The fraction of sp³-hybridized carbons (Fsp3) is 0.0357. The minimum atomic E-state index is -0.470. The molecule has 0 amide bonds. The molecular weight excluding hydrogens is 701 g/mol. The van der Waals surface area contributed by atoms with Crippen molar-refractivity contribution in [3.8, 4) is 27.9 Å². The molecule has 274 valence electrons. The fourth-order valence-electron chi connectivity index (χ4n) is 9.66. The number of para-hydroxylation sites is 2. The average molecular weight is 741 g/mol. The SMILES string of the molecule is C=C1/C=C\C=C/CN(c2ccccc2)c2cc(-c3ccc4c5cc(C6(c7ccccc7)c7ccccc7-c7ccccc76)ccc5n(-c5ccccc5)c4c3)ccc21. The van der Waals surface area contributed by atoms with Gasteiger partial charge in [0.25, 0.3) is 0 Å². The molecule has 9 aromatic rings. The zero-order valence-electron chi connectivity index (χ0n) is 32.1. The van der Waals surface area contributed by atoms with Crippen LogP contribution in [0.1, 0.15) is 27.8 Å². The van der Waals surface area contributed by atoms with Gasteiger partial charge in [0, 0.05) is 39.9 Å². The Bertz CT molecular complexity index is 3050. The van der Waals surface area contributed by atoms with E-state index in [2.05, 4.69) is 234 Å². The Morgan fingerprint density at radius 3 is 1.79 bits per heavy atom. The Hall–Kier alpha value is -7.42. The van der Waals surface area contributed by atoms with Crippen LogP contribution in [-0.4, -0.2) is 11.1 Å². The summed E-state index contributed by atoms with van der Waals surface area (Å²) in [5.41, 5.74) is 17.5. The van der Waals surface area contributed by atoms with Crippen molar-refractivity contribution in [1.82, 2.24) is 4.57 Å². The van der Waals surface area contributed by atoms with Crippen molar-refractivity contribution in [2.75, 3.05) is 11.4 Å². The van der Waals surface area contributed by atoms with Crippen LogP contribution < -0.4 is 4.90 Å². The summed E-state index contributed by atoms with van der Waals surface area (Å²) in [6, 6.07) is 71.5. The smallest absolute Gasteiger partial charge is 0.0713 e. The summed E-state index contributed by atoms with van der Waals surface area (Å²) in [5, 5.41) is 2.46. The molecule has 8 aromatic carbocycles. The van der Waals surface area contributed by atoms with Gasteiger partial charge in [-0.3, -0.25) is 0 Å². The summed E-state index contributed by atoms with van der Waals surface area (Å²) in [4.78, 5) is 2.39. The first-order valence-electron chi connectivity index (χ1n) is 20.1. The van der Waals surface area contributed by atoms with Gasteiger partial charge in [-0.1, -0.05) is 176 Å². The molecule has 2 nitrogen and oxygen atoms in total. The van der Waals surface area contributed by atoms with E-state index < -0.39 is 5.41 Å². The molecule has 0 saturated heterocycles. The summed E-state index contributed by atoms with van der Waals surface area (Å²) in [5.74, 6) is 0.